The zero-order chi connectivity index (χ0) is 69.6. The van der Waals surface area contributed by atoms with Gasteiger partial charge in [0.2, 0.25) is 0 Å². The van der Waals surface area contributed by atoms with Gasteiger partial charge in [0.05, 0.1) is 26.4 Å². The summed E-state index contributed by atoms with van der Waals surface area (Å²) in [6.45, 7) is 14.2. The van der Waals surface area contributed by atoms with Gasteiger partial charge in [0.15, 0.2) is 12.2 Å². The molecule has 3 N–H and O–H groups in total. The molecule has 0 aromatic heterocycles. The minimum absolute atomic E-state index is 0.105. The monoisotopic (exact) mass is 1380 g/mol. The number of unbranched alkanes of at least 4 members (excludes halogenated alkanes) is 38. The Bertz CT molecular complexity index is 1850. The maximum atomic E-state index is 13.1. The number of carbonyl (C=O) groups excluding carboxylic acids is 4. The van der Waals surface area contributed by atoms with E-state index in [4.69, 9.17) is 37.0 Å². The molecule has 0 aromatic rings. The molecule has 0 aliphatic rings. The second-order valence-electron chi connectivity index (χ2n) is 28.9. The van der Waals surface area contributed by atoms with Gasteiger partial charge in [-0.15, -0.1) is 0 Å². The molecule has 0 aliphatic carbocycles. The lowest BCUT2D eigenvalue weighted by atomic mass is 10.0. The number of carbonyl (C=O) groups is 4. The third-order valence-electron chi connectivity index (χ3n) is 17.3. The normalized spacial score (nSPS) is 14.2. The van der Waals surface area contributed by atoms with Crippen molar-refractivity contribution in [1.29, 1.82) is 0 Å². The van der Waals surface area contributed by atoms with E-state index in [-0.39, 0.29) is 25.7 Å². The van der Waals surface area contributed by atoms with Gasteiger partial charge in [-0.1, -0.05) is 325 Å². The second-order valence-corrected chi connectivity index (χ2v) is 31.9. The predicted molar refractivity (Wildman–Crippen MR) is 381 cm³/mol. The molecule has 19 heteroatoms. The quantitative estimate of drug-likeness (QED) is 0.0222. The molecule has 0 radical (unpaired) electrons. The van der Waals surface area contributed by atoms with Crippen molar-refractivity contribution in [2.75, 3.05) is 39.6 Å². The van der Waals surface area contributed by atoms with Crippen LogP contribution in [0.25, 0.3) is 0 Å². The van der Waals surface area contributed by atoms with E-state index in [1.807, 2.05) is 0 Å². The summed E-state index contributed by atoms with van der Waals surface area (Å²) in [4.78, 5) is 72.8. The molecule has 3 unspecified atom stereocenters. The number of ether oxygens (including phenoxy) is 4. The molecule has 0 fully saturated rings. The first-order valence-corrected chi connectivity index (χ1v) is 41.7. The standard InChI is InChI=1S/C75H146O17P2/c1-65(2)51-43-35-27-19-13-11-9-10-12-14-23-33-41-49-57-74(79)91-70(61-85-72(77)55-47-39-31-22-17-15-20-28-36-44-52-66(3)4)63-89-93(81,82)87-59-69(76)60-88-94(83,84)90-64-71(62-86-73(78)56-48-40-32-26-25-30-38-46-54-68(7)8)92-75(80)58-50-42-34-24-18-16-21-29-37-45-53-67(5)6/h65-71,76H,9-64H2,1-8H3,(H,81,82)(H,83,84)/t69?,70-,71-/m1/s1. The Kier molecular flexibility index (Phi) is 63.1. The smallest absolute Gasteiger partial charge is 0.462 e. The van der Waals surface area contributed by atoms with E-state index >= 15 is 0 Å². The fraction of sp³-hybridized carbons (Fsp3) is 0.947. The lowest BCUT2D eigenvalue weighted by Gasteiger charge is -2.21. The van der Waals surface area contributed by atoms with Crippen molar-refractivity contribution < 1.29 is 80.2 Å². The third-order valence-corrected chi connectivity index (χ3v) is 19.2. The molecule has 0 heterocycles. The Morgan fingerprint density at radius 2 is 0.447 bits per heavy atom. The molecule has 0 bridgehead atoms. The van der Waals surface area contributed by atoms with Gasteiger partial charge in [-0.3, -0.25) is 37.3 Å². The van der Waals surface area contributed by atoms with Crippen LogP contribution in [0.4, 0.5) is 0 Å². The number of phosphoric acid groups is 2. The van der Waals surface area contributed by atoms with Crippen LogP contribution in [0.1, 0.15) is 376 Å². The first-order valence-electron chi connectivity index (χ1n) is 38.7. The van der Waals surface area contributed by atoms with Crippen molar-refractivity contribution in [2.45, 2.75) is 395 Å². The summed E-state index contributed by atoms with van der Waals surface area (Å²) in [6.07, 6.45) is 48.6. The largest absolute Gasteiger partial charge is 0.472 e. The lowest BCUT2D eigenvalue weighted by Crippen LogP contribution is -2.30. The van der Waals surface area contributed by atoms with Gasteiger partial charge in [-0.2, -0.15) is 0 Å². The zero-order valence-corrected chi connectivity index (χ0v) is 63.4. The highest BCUT2D eigenvalue weighted by Crippen LogP contribution is 2.45. The summed E-state index contributed by atoms with van der Waals surface area (Å²) in [7, 11) is -9.91. The van der Waals surface area contributed by atoms with Crippen molar-refractivity contribution in [3.63, 3.8) is 0 Å². The number of rotatable bonds is 72. The highest BCUT2D eigenvalue weighted by atomic mass is 31.2. The summed E-state index contributed by atoms with van der Waals surface area (Å²) in [5, 5.41) is 10.6. The Morgan fingerprint density at radius 3 is 0.660 bits per heavy atom. The van der Waals surface area contributed by atoms with Gasteiger partial charge < -0.3 is 33.8 Å². The van der Waals surface area contributed by atoms with Gasteiger partial charge in [0, 0.05) is 25.7 Å². The van der Waals surface area contributed by atoms with Crippen LogP contribution in [-0.2, 0) is 65.4 Å². The highest BCUT2D eigenvalue weighted by Gasteiger charge is 2.30. The first-order chi connectivity index (χ1) is 45.1. The highest BCUT2D eigenvalue weighted by molar-refractivity contribution is 7.47. The molecule has 94 heavy (non-hydrogen) atoms. The number of phosphoric ester groups is 2. The fourth-order valence-electron chi connectivity index (χ4n) is 11.4. The van der Waals surface area contributed by atoms with Crippen LogP contribution < -0.4 is 0 Å². The number of aliphatic hydroxyl groups is 1. The number of esters is 4. The van der Waals surface area contributed by atoms with Crippen LogP contribution in [0.2, 0.25) is 0 Å². The van der Waals surface area contributed by atoms with E-state index in [1.165, 1.54) is 180 Å². The Balaban J connectivity index is 5.26. The van der Waals surface area contributed by atoms with E-state index < -0.39 is 97.5 Å². The topological polar surface area (TPSA) is 237 Å². The van der Waals surface area contributed by atoms with Crippen LogP contribution in [0.5, 0.6) is 0 Å². The van der Waals surface area contributed by atoms with Crippen molar-refractivity contribution in [3.05, 3.63) is 0 Å². The summed E-state index contributed by atoms with van der Waals surface area (Å²) in [6, 6.07) is 0. The minimum Gasteiger partial charge on any atom is -0.462 e. The average Bonchev–Trinajstić information content (AvgIpc) is 1.91. The number of hydrogen-bond acceptors (Lipinski definition) is 15. The molecule has 0 aromatic carbocycles. The van der Waals surface area contributed by atoms with Crippen molar-refractivity contribution in [3.8, 4) is 0 Å². The summed E-state index contributed by atoms with van der Waals surface area (Å²) < 4.78 is 68.5. The maximum Gasteiger partial charge on any atom is 0.472 e. The van der Waals surface area contributed by atoms with Crippen LogP contribution in [0.15, 0.2) is 0 Å². The molecule has 5 atom stereocenters. The van der Waals surface area contributed by atoms with Gasteiger partial charge in [0.25, 0.3) is 0 Å². The zero-order valence-electron chi connectivity index (χ0n) is 61.6. The van der Waals surface area contributed by atoms with E-state index in [9.17, 15) is 43.2 Å². The Morgan fingerprint density at radius 1 is 0.266 bits per heavy atom. The van der Waals surface area contributed by atoms with E-state index in [2.05, 4.69) is 55.4 Å². The predicted octanol–water partition coefficient (Wildman–Crippen LogP) is 21.7. The first kappa shape index (κ1) is 92.1. The third kappa shape index (κ3) is 68.6. The molecule has 0 saturated heterocycles. The minimum atomic E-state index is -4.96. The van der Waals surface area contributed by atoms with Gasteiger partial charge in [-0.25, -0.2) is 9.13 Å². The van der Waals surface area contributed by atoms with Crippen LogP contribution >= 0.6 is 15.6 Å². The molecule has 17 nitrogen and oxygen atoms in total. The summed E-state index contributed by atoms with van der Waals surface area (Å²) >= 11 is 0. The van der Waals surface area contributed by atoms with Crippen LogP contribution in [0.3, 0.4) is 0 Å². The summed E-state index contributed by atoms with van der Waals surface area (Å²) in [5.74, 6) is 0.910. The molecular weight excluding hydrogens is 1230 g/mol. The molecule has 0 aliphatic heterocycles. The van der Waals surface area contributed by atoms with Crippen molar-refractivity contribution >= 4 is 39.5 Å². The summed E-state index contributed by atoms with van der Waals surface area (Å²) in [5.41, 5.74) is 0. The van der Waals surface area contributed by atoms with Crippen LogP contribution in [-0.4, -0.2) is 96.7 Å². The maximum absolute atomic E-state index is 13.1. The van der Waals surface area contributed by atoms with E-state index in [0.29, 0.717) is 25.7 Å². The Labute approximate surface area is 575 Å². The molecule has 558 valence electrons. The number of hydrogen-bond donors (Lipinski definition) is 3. The molecule has 0 amide bonds. The molecule has 0 spiro atoms. The van der Waals surface area contributed by atoms with Crippen LogP contribution in [0, 0.1) is 23.7 Å². The molecule has 0 saturated carbocycles. The number of aliphatic hydroxyl groups excluding tert-OH is 1. The van der Waals surface area contributed by atoms with Crippen molar-refractivity contribution in [1.82, 2.24) is 0 Å². The SMILES string of the molecule is CC(C)CCCCCCCCCCCCCCCCC(=O)O[C@H](COC(=O)CCCCCCCCCCCCC(C)C)COP(=O)(O)OCC(O)COP(=O)(O)OC[C@@H](COC(=O)CCCCCCCCCCC(C)C)OC(=O)CCCCCCCCCCCCC(C)C. The molecule has 0 rings (SSSR count). The Hall–Kier alpha value is -1.94. The van der Waals surface area contributed by atoms with E-state index in [0.717, 1.165) is 114 Å². The average molecular weight is 1380 g/mol. The fourth-order valence-corrected chi connectivity index (χ4v) is 13.0. The second kappa shape index (κ2) is 64.4. The van der Waals surface area contributed by atoms with Gasteiger partial charge >= 0.3 is 39.5 Å². The molecular formula is C75H146O17P2. The van der Waals surface area contributed by atoms with Crippen molar-refractivity contribution in [2.24, 2.45) is 23.7 Å². The lowest BCUT2D eigenvalue weighted by molar-refractivity contribution is -0.161. The van der Waals surface area contributed by atoms with Gasteiger partial charge in [-0.05, 0) is 49.4 Å². The van der Waals surface area contributed by atoms with Gasteiger partial charge in [0.1, 0.15) is 19.3 Å². The van der Waals surface area contributed by atoms with E-state index in [1.54, 1.807) is 0 Å².